The number of methoxy groups -OCH3 is 1. The molecule has 0 aliphatic rings. The highest BCUT2D eigenvalue weighted by molar-refractivity contribution is 5.91. The maximum Gasteiger partial charge on any atom is 0.337 e. The number of halogens is 2. The van der Waals surface area contributed by atoms with Crippen molar-refractivity contribution in [1.82, 2.24) is 20.2 Å². The number of carbonyl (C=O) groups excluding carboxylic acids is 1. The second kappa shape index (κ2) is 7.22. The normalized spacial score (nSPS) is 11.4. The van der Waals surface area contributed by atoms with Gasteiger partial charge in [0.25, 0.3) is 5.92 Å². The summed E-state index contributed by atoms with van der Waals surface area (Å²) in [6.45, 7) is 0.866. The molecule has 0 spiro atoms. The van der Waals surface area contributed by atoms with Crippen molar-refractivity contribution in [1.29, 1.82) is 0 Å². The third-order valence-electron chi connectivity index (χ3n) is 4.14. The van der Waals surface area contributed by atoms with Gasteiger partial charge in [-0.05, 0) is 34.9 Å². The lowest BCUT2D eigenvalue weighted by molar-refractivity contribution is 0.0174. The average Bonchev–Trinajstić information content (AvgIpc) is 3.07. The zero-order valence-corrected chi connectivity index (χ0v) is 15.1. The van der Waals surface area contributed by atoms with Gasteiger partial charge in [-0.3, -0.25) is 0 Å². The quantitative estimate of drug-likeness (QED) is 0.642. The molecule has 140 valence electrons. The van der Waals surface area contributed by atoms with Crippen LogP contribution in [-0.2, 0) is 24.1 Å². The first-order valence-electron chi connectivity index (χ1n) is 8.21. The molecule has 0 saturated carbocycles. The molecule has 27 heavy (non-hydrogen) atoms. The van der Waals surface area contributed by atoms with Gasteiger partial charge in [0.15, 0.2) is 0 Å². The van der Waals surface area contributed by atoms with E-state index < -0.39 is 11.9 Å². The first-order chi connectivity index (χ1) is 12.8. The Bertz CT molecular complexity index is 963. The van der Waals surface area contributed by atoms with E-state index in [1.54, 1.807) is 37.4 Å². The van der Waals surface area contributed by atoms with Crippen LogP contribution in [0.4, 0.5) is 8.78 Å². The van der Waals surface area contributed by atoms with E-state index in [0.29, 0.717) is 23.4 Å². The van der Waals surface area contributed by atoms with Crippen molar-refractivity contribution in [2.75, 3.05) is 7.11 Å². The summed E-state index contributed by atoms with van der Waals surface area (Å²) in [6.07, 6.45) is 0.463. The number of rotatable bonds is 5. The molecule has 0 aliphatic carbocycles. The fourth-order valence-corrected chi connectivity index (χ4v) is 2.71. The number of ether oxygens (including phenoxy) is 1. The van der Waals surface area contributed by atoms with E-state index in [1.165, 1.54) is 24.0 Å². The van der Waals surface area contributed by atoms with Gasteiger partial charge in [0.2, 0.25) is 5.82 Å². The molecular weight excluding hydrogens is 354 g/mol. The highest BCUT2D eigenvalue weighted by Gasteiger charge is 2.23. The van der Waals surface area contributed by atoms with Crippen molar-refractivity contribution in [2.24, 2.45) is 7.05 Å². The fraction of sp³-hybridized carbons (Fsp3) is 0.263. The summed E-state index contributed by atoms with van der Waals surface area (Å²) in [6, 6.07) is 11.2. The molecule has 0 saturated heterocycles. The van der Waals surface area contributed by atoms with Crippen molar-refractivity contribution in [3.05, 3.63) is 64.7 Å². The van der Waals surface area contributed by atoms with Gasteiger partial charge < -0.3 is 4.74 Å². The van der Waals surface area contributed by atoms with Crippen LogP contribution in [0.3, 0.4) is 0 Å². The molecule has 8 heteroatoms. The highest BCUT2D eigenvalue weighted by Crippen LogP contribution is 2.28. The molecule has 3 rings (SSSR count). The van der Waals surface area contributed by atoms with Gasteiger partial charge in [0, 0.05) is 18.1 Å². The van der Waals surface area contributed by atoms with Crippen LogP contribution in [0.1, 0.15) is 34.0 Å². The Hall–Kier alpha value is -3.16. The topological polar surface area (TPSA) is 69.9 Å². The standard InChI is InChI=1S/C19H18F2N4O2/c1-19(20,21)15-8-4-12(5-9-15)10-13-6-7-14(18(26)27-3)11-16(13)17-22-24-25(2)23-17/h4-9,11H,10H2,1-3H3. The Morgan fingerprint density at radius 3 is 2.44 bits per heavy atom. The second-order valence-corrected chi connectivity index (χ2v) is 6.23. The zero-order chi connectivity index (χ0) is 19.6. The molecule has 0 radical (unpaired) electrons. The Morgan fingerprint density at radius 1 is 1.19 bits per heavy atom. The van der Waals surface area contributed by atoms with Crippen LogP contribution in [0, 0.1) is 0 Å². The Morgan fingerprint density at radius 2 is 1.89 bits per heavy atom. The predicted octanol–water partition coefficient (Wildman–Crippen LogP) is 3.37. The molecule has 0 unspecified atom stereocenters. The molecule has 0 aliphatic heterocycles. The molecule has 6 nitrogen and oxygen atoms in total. The van der Waals surface area contributed by atoms with E-state index in [2.05, 4.69) is 15.4 Å². The molecule has 2 aromatic carbocycles. The zero-order valence-electron chi connectivity index (χ0n) is 15.1. The lowest BCUT2D eigenvalue weighted by atomic mass is 9.96. The molecule has 3 aromatic rings. The molecule has 1 aromatic heterocycles. The summed E-state index contributed by atoms with van der Waals surface area (Å²) in [7, 11) is 2.95. The van der Waals surface area contributed by atoms with E-state index in [4.69, 9.17) is 4.74 Å². The van der Waals surface area contributed by atoms with E-state index >= 15 is 0 Å². The Labute approximate surface area is 154 Å². The van der Waals surface area contributed by atoms with Crippen molar-refractivity contribution >= 4 is 5.97 Å². The number of aromatic nitrogens is 4. The lowest BCUT2D eigenvalue weighted by Crippen LogP contribution is -2.07. The van der Waals surface area contributed by atoms with Gasteiger partial charge in [-0.25, -0.2) is 13.6 Å². The SMILES string of the molecule is COC(=O)c1ccc(Cc2ccc(C(C)(F)F)cc2)c(-c2nnn(C)n2)c1. The first kappa shape index (κ1) is 18.6. The van der Waals surface area contributed by atoms with Crippen LogP contribution < -0.4 is 0 Å². The van der Waals surface area contributed by atoms with Crippen LogP contribution in [-0.4, -0.2) is 33.3 Å². The summed E-state index contributed by atoms with van der Waals surface area (Å²) in [5.41, 5.74) is 2.65. The van der Waals surface area contributed by atoms with Gasteiger partial charge in [-0.1, -0.05) is 30.3 Å². The molecule has 1 heterocycles. The van der Waals surface area contributed by atoms with Crippen LogP contribution in [0.15, 0.2) is 42.5 Å². The fourth-order valence-electron chi connectivity index (χ4n) is 2.71. The van der Waals surface area contributed by atoms with E-state index in [-0.39, 0.29) is 5.56 Å². The van der Waals surface area contributed by atoms with Gasteiger partial charge in [-0.2, -0.15) is 4.80 Å². The number of hydrogen-bond donors (Lipinski definition) is 0. The molecule has 0 bridgehead atoms. The summed E-state index contributed by atoms with van der Waals surface area (Å²) in [4.78, 5) is 13.2. The molecule has 0 amide bonds. The molecule has 0 fully saturated rings. The Balaban J connectivity index is 1.98. The van der Waals surface area contributed by atoms with Crippen molar-refractivity contribution in [3.63, 3.8) is 0 Å². The summed E-state index contributed by atoms with van der Waals surface area (Å²) in [5, 5.41) is 12.0. The average molecular weight is 372 g/mol. The second-order valence-electron chi connectivity index (χ2n) is 6.23. The third kappa shape index (κ3) is 4.16. The van der Waals surface area contributed by atoms with Gasteiger partial charge in [-0.15, -0.1) is 10.2 Å². The minimum atomic E-state index is -2.88. The Kier molecular flexibility index (Phi) is 4.98. The van der Waals surface area contributed by atoms with Gasteiger partial charge in [0.1, 0.15) is 0 Å². The molecule has 0 N–H and O–H groups in total. The van der Waals surface area contributed by atoms with Crippen LogP contribution in [0.2, 0.25) is 0 Å². The summed E-state index contributed by atoms with van der Waals surface area (Å²) >= 11 is 0. The van der Waals surface area contributed by atoms with Gasteiger partial charge >= 0.3 is 5.97 Å². The number of esters is 1. The number of aryl methyl sites for hydroxylation is 1. The molecule has 0 atom stereocenters. The monoisotopic (exact) mass is 372 g/mol. The van der Waals surface area contributed by atoms with Crippen LogP contribution >= 0.6 is 0 Å². The van der Waals surface area contributed by atoms with Crippen LogP contribution in [0.25, 0.3) is 11.4 Å². The number of hydrogen-bond acceptors (Lipinski definition) is 5. The highest BCUT2D eigenvalue weighted by atomic mass is 19.3. The van der Waals surface area contributed by atoms with Crippen LogP contribution in [0.5, 0.6) is 0 Å². The summed E-state index contributed by atoms with van der Waals surface area (Å²) in [5.74, 6) is -2.98. The maximum absolute atomic E-state index is 13.4. The molecular formula is C19H18F2N4O2. The lowest BCUT2D eigenvalue weighted by Gasteiger charge is -2.12. The summed E-state index contributed by atoms with van der Waals surface area (Å²) < 4.78 is 31.5. The minimum absolute atomic E-state index is 0.0388. The number of tetrazole rings is 1. The number of nitrogens with zero attached hydrogens (tertiary/aromatic N) is 4. The van der Waals surface area contributed by atoms with Crippen molar-refractivity contribution < 1.29 is 18.3 Å². The number of carbonyl (C=O) groups is 1. The number of alkyl halides is 2. The van der Waals surface area contributed by atoms with E-state index in [9.17, 15) is 13.6 Å². The largest absolute Gasteiger partial charge is 0.465 e. The van der Waals surface area contributed by atoms with E-state index in [1.807, 2.05) is 0 Å². The maximum atomic E-state index is 13.4. The van der Waals surface area contributed by atoms with Crippen molar-refractivity contribution in [3.8, 4) is 11.4 Å². The predicted molar refractivity (Wildman–Crippen MR) is 94.4 cm³/mol. The van der Waals surface area contributed by atoms with E-state index in [0.717, 1.165) is 18.1 Å². The minimum Gasteiger partial charge on any atom is -0.465 e. The smallest absolute Gasteiger partial charge is 0.337 e. The number of benzene rings is 2. The van der Waals surface area contributed by atoms with Gasteiger partial charge in [0.05, 0.1) is 19.7 Å². The van der Waals surface area contributed by atoms with Crippen molar-refractivity contribution in [2.45, 2.75) is 19.3 Å². The third-order valence-corrected chi connectivity index (χ3v) is 4.14. The first-order valence-corrected chi connectivity index (χ1v) is 8.21.